The third-order valence-corrected chi connectivity index (χ3v) is 5.30. The first-order valence-corrected chi connectivity index (χ1v) is 9.05. The van der Waals surface area contributed by atoms with Crippen LogP contribution >= 0.6 is 0 Å². The SMILES string of the molecule is Cc1cnc(C(=O)N2C[C@H]3CC[C@@H]2CN(Cc2ccccc2)C3)cn1. The molecule has 2 aromatic rings. The van der Waals surface area contributed by atoms with Crippen molar-refractivity contribution in [3.63, 3.8) is 0 Å². The molecule has 5 heteroatoms. The lowest BCUT2D eigenvalue weighted by Gasteiger charge is -2.36. The Morgan fingerprint density at radius 3 is 2.68 bits per heavy atom. The molecule has 1 aromatic heterocycles. The summed E-state index contributed by atoms with van der Waals surface area (Å²) in [5.74, 6) is 0.577. The van der Waals surface area contributed by atoms with Gasteiger partial charge >= 0.3 is 0 Å². The van der Waals surface area contributed by atoms with Crippen LogP contribution in [-0.2, 0) is 6.54 Å². The number of fused-ring (bicyclic) bond motifs is 4. The van der Waals surface area contributed by atoms with E-state index in [1.54, 1.807) is 12.4 Å². The monoisotopic (exact) mass is 336 g/mol. The molecule has 1 aromatic carbocycles. The predicted molar refractivity (Wildman–Crippen MR) is 96.0 cm³/mol. The average Bonchev–Trinajstić information content (AvgIpc) is 2.93. The number of benzene rings is 1. The fourth-order valence-electron chi connectivity index (χ4n) is 4.05. The summed E-state index contributed by atoms with van der Waals surface area (Å²) >= 11 is 0. The summed E-state index contributed by atoms with van der Waals surface area (Å²) in [6.07, 6.45) is 5.57. The van der Waals surface area contributed by atoms with Crippen LogP contribution in [0.25, 0.3) is 0 Å². The Morgan fingerprint density at radius 1 is 1.08 bits per heavy atom. The van der Waals surface area contributed by atoms with Gasteiger partial charge in [-0.3, -0.25) is 14.7 Å². The van der Waals surface area contributed by atoms with Crippen molar-refractivity contribution >= 4 is 5.91 Å². The normalized spacial score (nSPS) is 23.5. The quantitative estimate of drug-likeness (QED) is 0.864. The van der Waals surface area contributed by atoms with Crippen molar-refractivity contribution in [1.82, 2.24) is 19.8 Å². The summed E-state index contributed by atoms with van der Waals surface area (Å²) in [7, 11) is 0. The van der Waals surface area contributed by atoms with Gasteiger partial charge in [-0.05, 0) is 31.2 Å². The maximum atomic E-state index is 12.9. The summed E-state index contributed by atoms with van der Waals surface area (Å²) in [6, 6.07) is 10.9. The van der Waals surface area contributed by atoms with Crippen molar-refractivity contribution in [3.8, 4) is 0 Å². The molecule has 5 nitrogen and oxygen atoms in total. The lowest BCUT2D eigenvalue weighted by Crippen LogP contribution is -2.47. The zero-order valence-corrected chi connectivity index (χ0v) is 14.6. The Labute approximate surface area is 148 Å². The molecule has 0 unspecified atom stereocenters. The summed E-state index contributed by atoms with van der Waals surface area (Å²) in [6.45, 7) is 5.69. The molecule has 3 fully saturated rings. The largest absolute Gasteiger partial charge is 0.333 e. The van der Waals surface area contributed by atoms with Crippen LogP contribution in [0.3, 0.4) is 0 Å². The van der Waals surface area contributed by atoms with E-state index in [-0.39, 0.29) is 11.9 Å². The van der Waals surface area contributed by atoms with Crippen LogP contribution in [0.4, 0.5) is 0 Å². The Hall–Kier alpha value is -2.27. The third-order valence-electron chi connectivity index (χ3n) is 5.30. The van der Waals surface area contributed by atoms with Crippen LogP contribution in [0.15, 0.2) is 42.7 Å². The number of amides is 1. The molecule has 0 aliphatic carbocycles. The average molecular weight is 336 g/mol. The van der Waals surface area contributed by atoms with Gasteiger partial charge in [-0.25, -0.2) is 4.98 Å². The highest BCUT2D eigenvalue weighted by Gasteiger charge is 2.37. The van der Waals surface area contributed by atoms with E-state index in [0.717, 1.165) is 38.3 Å². The van der Waals surface area contributed by atoms with E-state index in [1.807, 2.05) is 11.8 Å². The maximum absolute atomic E-state index is 12.9. The Kier molecular flexibility index (Phi) is 4.49. The van der Waals surface area contributed by atoms with E-state index < -0.39 is 0 Å². The minimum Gasteiger partial charge on any atom is -0.333 e. The molecule has 3 saturated heterocycles. The first-order chi connectivity index (χ1) is 12.2. The number of hydrogen-bond acceptors (Lipinski definition) is 4. The highest BCUT2D eigenvalue weighted by atomic mass is 16.2. The zero-order valence-electron chi connectivity index (χ0n) is 14.6. The second kappa shape index (κ2) is 6.92. The fraction of sp³-hybridized carbons (Fsp3) is 0.450. The van der Waals surface area contributed by atoms with Gasteiger partial charge in [0.2, 0.25) is 0 Å². The van der Waals surface area contributed by atoms with Crippen molar-refractivity contribution in [2.24, 2.45) is 5.92 Å². The number of nitrogens with zero attached hydrogens (tertiary/aromatic N) is 4. The highest BCUT2D eigenvalue weighted by Crippen LogP contribution is 2.29. The molecular weight excluding hydrogens is 312 g/mol. The van der Waals surface area contributed by atoms with Gasteiger partial charge < -0.3 is 4.90 Å². The fourth-order valence-corrected chi connectivity index (χ4v) is 4.05. The van der Waals surface area contributed by atoms with E-state index in [1.165, 1.54) is 12.0 Å². The topological polar surface area (TPSA) is 49.3 Å². The first-order valence-electron chi connectivity index (χ1n) is 9.05. The zero-order chi connectivity index (χ0) is 17.2. The highest BCUT2D eigenvalue weighted by molar-refractivity contribution is 5.92. The third kappa shape index (κ3) is 3.56. The van der Waals surface area contributed by atoms with Crippen molar-refractivity contribution in [3.05, 3.63) is 59.7 Å². The van der Waals surface area contributed by atoms with E-state index in [9.17, 15) is 4.79 Å². The second-order valence-electron chi connectivity index (χ2n) is 7.28. The van der Waals surface area contributed by atoms with Gasteiger partial charge in [0.25, 0.3) is 5.91 Å². The second-order valence-corrected chi connectivity index (χ2v) is 7.28. The number of piperidine rings is 1. The van der Waals surface area contributed by atoms with Crippen molar-refractivity contribution in [2.75, 3.05) is 19.6 Å². The molecule has 2 bridgehead atoms. The number of rotatable bonds is 3. The molecule has 5 rings (SSSR count). The van der Waals surface area contributed by atoms with Crippen molar-refractivity contribution < 1.29 is 4.79 Å². The summed E-state index contributed by atoms with van der Waals surface area (Å²) in [4.78, 5) is 26.0. The van der Waals surface area contributed by atoms with E-state index in [4.69, 9.17) is 0 Å². The molecule has 4 heterocycles. The minimum atomic E-state index is 0.0313. The number of carbonyl (C=O) groups is 1. The number of carbonyl (C=O) groups excluding carboxylic acids is 1. The molecule has 130 valence electrons. The molecule has 0 radical (unpaired) electrons. The van der Waals surface area contributed by atoms with Crippen molar-refractivity contribution in [2.45, 2.75) is 32.4 Å². The van der Waals surface area contributed by atoms with Gasteiger partial charge in [0, 0.05) is 38.4 Å². The van der Waals surface area contributed by atoms with Crippen LogP contribution < -0.4 is 0 Å². The minimum absolute atomic E-state index is 0.0313. The van der Waals surface area contributed by atoms with Gasteiger partial charge in [0.05, 0.1) is 11.9 Å². The standard InChI is InChI=1S/C20H24N4O/c1-15-9-22-19(10-21-15)20(25)24-13-17-7-8-18(24)14-23(12-17)11-16-5-3-2-4-6-16/h2-6,9-10,17-18H,7-8,11-14H2,1H3/t17-,18+/m0/s1. The van der Waals surface area contributed by atoms with Gasteiger partial charge in [0.1, 0.15) is 5.69 Å². The van der Waals surface area contributed by atoms with Gasteiger partial charge in [-0.1, -0.05) is 30.3 Å². The van der Waals surface area contributed by atoms with E-state index >= 15 is 0 Å². The van der Waals surface area contributed by atoms with Gasteiger partial charge in [-0.2, -0.15) is 0 Å². The van der Waals surface area contributed by atoms with Crippen LogP contribution in [0.1, 0.15) is 34.6 Å². The molecule has 0 spiro atoms. The Morgan fingerprint density at radius 2 is 1.92 bits per heavy atom. The van der Waals surface area contributed by atoms with Crippen molar-refractivity contribution in [1.29, 1.82) is 0 Å². The lowest BCUT2D eigenvalue weighted by atomic mass is 9.95. The first kappa shape index (κ1) is 16.2. The van der Waals surface area contributed by atoms with Gasteiger partial charge in [-0.15, -0.1) is 0 Å². The predicted octanol–water partition coefficient (Wildman–Crippen LogP) is 2.52. The summed E-state index contributed by atoms with van der Waals surface area (Å²) < 4.78 is 0. The molecule has 2 atom stereocenters. The van der Waals surface area contributed by atoms with E-state index in [2.05, 4.69) is 45.2 Å². The van der Waals surface area contributed by atoms with Crippen LogP contribution in [0.2, 0.25) is 0 Å². The van der Waals surface area contributed by atoms with Crippen LogP contribution in [-0.4, -0.2) is 51.4 Å². The molecule has 1 amide bonds. The Balaban J connectivity index is 1.49. The number of aryl methyl sites for hydroxylation is 1. The maximum Gasteiger partial charge on any atom is 0.274 e. The smallest absolute Gasteiger partial charge is 0.274 e. The molecule has 25 heavy (non-hydrogen) atoms. The Bertz CT molecular complexity index is 731. The number of aromatic nitrogens is 2. The van der Waals surface area contributed by atoms with E-state index in [0.29, 0.717) is 11.6 Å². The molecular formula is C20H24N4O. The molecule has 0 saturated carbocycles. The molecule has 3 aliphatic rings. The summed E-state index contributed by atoms with van der Waals surface area (Å²) in [5.41, 5.74) is 2.64. The van der Waals surface area contributed by atoms with Crippen LogP contribution in [0.5, 0.6) is 0 Å². The van der Waals surface area contributed by atoms with Crippen LogP contribution in [0, 0.1) is 12.8 Å². The van der Waals surface area contributed by atoms with Gasteiger partial charge in [0.15, 0.2) is 0 Å². The lowest BCUT2D eigenvalue weighted by molar-refractivity contribution is 0.0578. The summed E-state index contributed by atoms with van der Waals surface area (Å²) in [5, 5.41) is 0. The molecule has 0 N–H and O–H groups in total. The number of hydrogen-bond donors (Lipinski definition) is 0. The molecule has 3 aliphatic heterocycles.